The molecule has 0 saturated carbocycles. The minimum absolute atomic E-state index is 0.0305. The second-order valence-electron chi connectivity index (χ2n) is 6.33. The zero-order valence-corrected chi connectivity index (χ0v) is 15.3. The Morgan fingerprint density at radius 3 is 2.76 bits per heavy atom. The Morgan fingerprint density at radius 2 is 2.16 bits per heavy atom. The van der Waals surface area contributed by atoms with Gasteiger partial charge < -0.3 is 15.0 Å². The third-order valence-electron chi connectivity index (χ3n) is 4.52. The van der Waals surface area contributed by atoms with E-state index in [1.807, 2.05) is 0 Å². The second-order valence-corrected chi connectivity index (χ2v) is 8.97. The number of hydrogen-bond acceptors (Lipinski definition) is 5. The Balaban J connectivity index is 1.66. The Bertz CT molecular complexity index is 811. The van der Waals surface area contributed by atoms with Crippen LogP contribution < -0.4 is 15.0 Å². The number of nitrogens with one attached hydrogen (secondary N) is 1. The van der Waals surface area contributed by atoms with Gasteiger partial charge in [0.05, 0.1) is 29.6 Å². The van der Waals surface area contributed by atoms with E-state index in [4.69, 9.17) is 16.3 Å². The number of halogens is 1. The van der Waals surface area contributed by atoms with Gasteiger partial charge in [-0.15, -0.1) is 0 Å². The SMILES string of the molecule is COc1ccc(N2CC(C(=O)NC3CCS(=O)(=O)C3)CC2=O)cc1Cl. The molecule has 25 heavy (non-hydrogen) atoms. The lowest BCUT2D eigenvalue weighted by Crippen LogP contribution is -2.40. The van der Waals surface area contributed by atoms with Gasteiger partial charge in [-0.1, -0.05) is 11.6 Å². The first-order valence-electron chi connectivity index (χ1n) is 7.94. The predicted octanol–water partition coefficient (Wildman–Crippen LogP) is 1.00. The summed E-state index contributed by atoms with van der Waals surface area (Å²) in [5, 5.41) is 3.14. The fourth-order valence-electron chi connectivity index (χ4n) is 3.18. The molecule has 1 aromatic rings. The maximum atomic E-state index is 12.4. The van der Waals surface area contributed by atoms with Crippen LogP contribution >= 0.6 is 11.6 Å². The van der Waals surface area contributed by atoms with Crippen molar-refractivity contribution in [3.8, 4) is 5.75 Å². The molecule has 2 atom stereocenters. The summed E-state index contributed by atoms with van der Waals surface area (Å²) in [6, 6.07) is 4.65. The first-order valence-corrected chi connectivity index (χ1v) is 10.1. The van der Waals surface area contributed by atoms with E-state index in [0.717, 1.165) is 0 Å². The van der Waals surface area contributed by atoms with Crippen molar-refractivity contribution in [1.82, 2.24) is 5.32 Å². The third kappa shape index (κ3) is 3.90. The number of hydrogen-bond donors (Lipinski definition) is 1. The number of benzene rings is 1. The van der Waals surface area contributed by atoms with E-state index in [1.54, 1.807) is 18.2 Å². The molecule has 0 aliphatic carbocycles. The molecule has 0 radical (unpaired) electrons. The van der Waals surface area contributed by atoms with Crippen LogP contribution in [0.5, 0.6) is 5.75 Å². The number of methoxy groups -OCH3 is 1. The van der Waals surface area contributed by atoms with Crippen LogP contribution in [0.2, 0.25) is 5.02 Å². The van der Waals surface area contributed by atoms with Gasteiger partial charge in [-0.05, 0) is 24.6 Å². The Hall–Kier alpha value is -1.80. The van der Waals surface area contributed by atoms with Gasteiger partial charge in [0.15, 0.2) is 9.84 Å². The highest BCUT2D eigenvalue weighted by atomic mass is 35.5. The normalized spacial score (nSPS) is 25.2. The molecule has 0 bridgehead atoms. The summed E-state index contributed by atoms with van der Waals surface area (Å²) in [5.74, 6) is -0.377. The van der Waals surface area contributed by atoms with Crippen molar-refractivity contribution in [2.45, 2.75) is 18.9 Å². The van der Waals surface area contributed by atoms with E-state index in [0.29, 0.717) is 22.9 Å². The van der Waals surface area contributed by atoms with Crippen molar-refractivity contribution in [2.75, 3.05) is 30.1 Å². The van der Waals surface area contributed by atoms with E-state index >= 15 is 0 Å². The molecule has 136 valence electrons. The lowest BCUT2D eigenvalue weighted by Gasteiger charge is -2.18. The monoisotopic (exact) mass is 386 g/mol. The fourth-order valence-corrected chi connectivity index (χ4v) is 5.11. The number of rotatable bonds is 4. The zero-order valence-electron chi connectivity index (χ0n) is 13.7. The summed E-state index contributed by atoms with van der Waals surface area (Å²) in [6.45, 7) is 0.243. The van der Waals surface area contributed by atoms with Crippen LogP contribution in [0.4, 0.5) is 5.69 Å². The van der Waals surface area contributed by atoms with Crippen LogP contribution in [-0.2, 0) is 19.4 Å². The molecule has 2 amide bonds. The number of carbonyl (C=O) groups excluding carboxylic acids is 2. The van der Waals surface area contributed by atoms with E-state index in [1.165, 1.54) is 12.0 Å². The molecular weight excluding hydrogens is 368 g/mol. The topological polar surface area (TPSA) is 92.8 Å². The molecule has 2 unspecified atom stereocenters. The summed E-state index contributed by atoms with van der Waals surface area (Å²) in [5.41, 5.74) is 0.606. The van der Waals surface area contributed by atoms with Crippen LogP contribution in [-0.4, -0.2) is 51.4 Å². The summed E-state index contributed by atoms with van der Waals surface area (Å²) in [7, 11) is -1.55. The van der Waals surface area contributed by atoms with Crippen molar-refractivity contribution in [2.24, 2.45) is 5.92 Å². The number of amides is 2. The van der Waals surface area contributed by atoms with E-state index in [-0.39, 0.29) is 42.3 Å². The van der Waals surface area contributed by atoms with Crippen LogP contribution in [0.3, 0.4) is 0 Å². The number of nitrogens with zero attached hydrogens (tertiary/aromatic N) is 1. The second kappa shape index (κ2) is 6.84. The Labute approximate surface area is 151 Å². The van der Waals surface area contributed by atoms with Gasteiger partial charge in [0.2, 0.25) is 11.8 Å². The molecule has 1 N–H and O–H groups in total. The Morgan fingerprint density at radius 1 is 1.40 bits per heavy atom. The standard InChI is InChI=1S/C16H19ClN2O5S/c1-24-14-3-2-12(7-13(14)17)19-8-10(6-15(19)20)16(21)18-11-4-5-25(22,23)9-11/h2-3,7,10-11H,4-6,8-9H2,1H3,(H,18,21). The van der Waals surface area contributed by atoms with Crippen LogP contribution in [0.25, 0.3) is 0 Å². The first kappa shape index (κ1) is 18.0. The van der Waals surface area contributed by atoms with E-state index in [9.17, 15) is 18.0 Å². The smallest absolute Gasteiger partial charge is 0.227 e. The number of carbonyl (C=O) groups is 2. The summed E-state index contributed by atoms with van der Waals surface area (Å²) in [4.78, 5) is 26.2. The minimum atomic E-state index is -3.06. The van der Waals surface area contributed by atoms with E-state index in [2.05, 4.69) is 5.32 Å². The van der Waals surface area contributed by atoms with Gasteiger partial charge in [-0.25, -0.2) is 8.42 Å². The van der Waals surface area contributed by atoms with Gasteiger partial charge in [0.1, 0.15) is 5.75 Å². The molecule has 9 heteroatoms. The zero-order chi connectivity index (χ0) is 18.2. The molecule has 3 rings (SSSR count). The van der Waals surface area contributed by atoms with Crippen molar-refractivity contribution in [1.29, 1.82) is 0 Å². The molecule has 2 fully saturated rings. The van der Waals surface area contributed by atoms with Gasteiger partial charge in [0.25, 0.3) is 0 Å². The number of ether oxygens (including phenoxy) is 1. The highest BCUT2D eigenvalue weighted by molar-refractivity contribution is 7.91. The van der Waals surface area contributed by atoms with Gasteiger partial charge in [-0.2, -0.15) is 0 Å². The van der Waals surface area contributed by atoms with Crippen molar-refractivity contribution < 1.29 is 22.7 Å². The predicted molar refractivity (Wildman–Crippen MR) is 93.7 cm³/mol. The van der Waals surface area contributed by atoms with Gasteiger partial charge in [0, 0.05) is 24.7 Å². The Kier molecular flexibility index (Phi) is 4.92. The molecule has 2 aliphatic rings. The quantitative estimate of drug-likeness (QED) is 0.833. The molecule has 7 nitrogen and oxygen atoms in total. The van der Waals surface area contributed by atoms with Crippen LogP contribution in [0.1, 0.15) is 12.8 Å². The van der Waals surface area contributed by atoms with Crippen molar-refractivity contribution >= 4 is 38.9 Å². The minimum Gasteiger partial charge on any atom is -0.495 e. The van der Waals surface area contributed by atoms with Gasteiger partial charge >= 0.3 is 0 Å². The molecule has 0 aromatic heterocycles. The first-order chi connectivity index (χ1) is 11.8. The molecule has 2 aliphatic heterocycles. The molecule has 0 spiro atoms. The lowest BCUT2D eigenvalue weighted by atomic mass is 10.1. The summed E-state index contributed by atoms with van der Waals surface area (Å²) >= 11 is 6.10. The molecule has 2 heterocycles. The average Bonchev–Trinajstić information content (AvgIpc) is 3.09. The average molecular weight is 387 g/mol. The van der Waals surface area contributed by atoms with Crippen molar-refractivity contribution in [3.63, 3.8) is 0 Å². The molecule has 2 saturated heterocycles. The molecular formula is C16H19ClN2O5S. The van der Waals surface area contributed by atoms with E-state index < -0.39 is 15.8 Å². The lowest BCUT2D eigenvalue weighted by molar-refractivity contribution is -0.126. The number of anilines is 1. The maximum Gasteiger partial charge on any atom is 0.227 e. The highest BCUT2D eigenvalue weighted by Gasteiger charge is 2.37. The summed E-state index contributed by atoms with van der Waals surface area (Å²) in [6.07, 6.45) is 0.515. The highest BCUT2D eigenvalue weighted by Crippen LogP contribution is 2.32. The van der Waals surface area contributed by atoms with Crippen LogP contribution in [0.15, 0.2) is 18.2 Å². The molecule has 1 aromatic carbocycles. The van der Waals surface area contributed by atoms with Gasteiger partial charge in [-0.3, -0.25) is 9.59 Å². The number of sulfone groups is 1. The third-order valence-corrected chi connectivity index (χ3v) is 6.59. The van der Waals surface area contributed by atoms with Crippen molar-refractivity contribution in [3.05, 3.63) is 23.2 Å². The maximum absolute atomic E-state index is 12.4. The largest absolute Gasteiger partial charge is 0.495 e. The van der Waals surface area contributed by atoms with Crippen LogP contribution in [0, 0.1) is 5.92 Å². The fraction of sp³-hybridized carbons (Fsp3) is 0.500. The summed E-state index contributed by atoms with van der Waals surface area (Å²) < 4.78 is 28.1.